The summed E-state index contributed by atoms with van der Waals surface area (Å²) in [5.74, 6) is -1.09. The molecule has 1 amide bonds. The van der Waals surface area contributed by atoms with Gasteiger partial charge in [0, 0.05) is 6.92 Å². The van der Waals surface area contributed by atoms with Crippen LogP contribution in [0, 0.1) is 0 Å². The Kier molecular flexibility index (Phi) is 4.20. The lowest BCUT2D eigenvalue weighted by atomic mass is 9.97. The molecule has 2 rings (SSSR count). The summed E-state index contributed by atoms with van der Waals surface area (Å²) in [7, 11) is 0. The molecular formula is C12H16ClNO5S. The lowest BCUT2D eigenvalue weighted by Gasteiger charge is -2.37. The average Bonchev–Trinajstić information content (AvgIpc) is 2.55. The number of alkyl halides is 1. The molecule has 0 aromatic carbocycles. The van der Waals surface area contributed by atoms with Crippen molar-refractivity contribution in [1.29, 1.82) is 0 Å². The Balaban J connectivity index is 2.18. The molecule has 2 aliphatic rings. The largest absolute Gasteiger partial charge is 0.464 e. The van der Waals surface area contributed by atoms with Gasteiger partial charge in [-0.2, -0.15) is 0 Å². The Bertz CT molecular complexity index is 457. The first kappa shape index (κ1) is 15.4. The second-order valence-corrected chi connectivity index (χ2v) is 7.38. The zero-order valence-corrected chi connectivity index (χ0v) is 13.0. The van der Waals surface area contributed by atoms with Crippen molar-refractivity contribution < 1.29 is 23.9 Å². The van der Waals surface area contributed by atoms with Gasteiger partial charge in [-0.15, -0.1) is 11.8 Å². The molecule has 0 radical (unpaired) electrons. The fourth-order valence-electron chi connectivity index (χ4n) is 2.42. The van der Waals surface area contributed by atoms with Gasteiger partial charge in [-0.1, -0.05) is 11.6 Å². The normalized spacial score (nSPS) is 33.2. The lowest BCUT2D eigenvalue weighted by Crippen LogP contribution is -2.58. The summed E-state index contributed by atoms with van der Waals surface area (Å²) in [5.41, 5.74) is -0.777. The molecule has 0 spiro atoms. The van der Waals surface area contributed by atoms with Crippen LogP contribution in [0.4, 0.5) is 0 Å². The van der Waals surface area contributed by atoms with Crippen molar-refractivity contribution in [2.45, 2.75) is 48.9 Å². The highest BCUT2D eigenvalue weighted by atomic mass is 35.5. The van der Waals surface area contributed by atoms with Gasteiger partial charge in [0.25, 0.3) is 0 Å². The van der Waals surface area contributed by atoms with Crippen LogP contribution in [0.25, 0.3) is 0 Å². The predicted octanol–water partition coefficient (Wildman–Crippen LogP) is 1.11. The van der Waals surface area contributed by atoms with Crippen LogP contribution in [-0.4, -0.2) is 51.1 Å². The van der Waals surface area contributed by atoms with E-state index in [9.17, 15) is 14.4 Å². The minimum atomic E-state index is -0.778. The minimum absolute atomic E-state index is 0.0454. The lowest BCUT2D eigenvalue weighted by molar-refractivity contribution is -0.163. The number of nitrogens with zero attached hydrogens (tertiary/aromatic N) is 1. The van der Waals surface area contributed by atoms with E-state index in [2.05, 4.69) is 0 Å². The molecular weight excluding hydrogens is 306 g/mol. The maximum Gasteiger partial charge on any atom is 0.331 e. The Morgan fingerprint density at radius 1 is 1.60 bits per heavy atom. The molecule has 8 heteroatoms. The smallest absolute Gasteiger partial charge is 0.331 e. The van der Waals surface area contributed by atoms with E-state index in [1.165, 1.54) is 30.5 Å². The van der Waals surface area contributed by atoms with Crippen LogP contribution < -0.4 is 0 Å². The summed E-state index contributed by atoms with van der Waals surface area (Å²) < 4.78 is 9.33. The zero-order valence-electron chi connectivity index (χ0n) is 11.4. The third-order valence-corrected chi connectivity index (χ3v) is 4.91. The summed E-state index contributed by atoms with van der Waals surface area (Å²) in [6, 6.07) is -0.778. The monoisotopic (exact) mass is 321 g/mol. The van der Waals surface area contributed by atoms with E-state index in [1.54, 1.807) is 6.92 Å². The van der Waals surface area contributed by atoms with Gasteiger partial charge in [0.1, 0.15) is 12.6 Å². The number of carbonyl (C=O) groups is 3. The summed E-state index contributed by atoms with van der Waals surface area (Å²) in [6.45, 7) is 4.66. The standard InChI is InChI=1S/C12H16ClNO5S/c1-6(13)19-11(17)10-12(3,5-18-7(2)15)20-9-4-8(16)14(9)10/h6,9-10H,4-5H2,1-3H3/t6?,9-,10+,12+/m1/s1. The van der Waals surface area contributed by atoms with Gasteiger partial charge in [0.05, 0.1) is 16.5 Å². The van der Waals surface area contributed by atoms with E-state index < -0.39 is 28.3 Å². The SMILES string of the molecule is CC(=O)OC[C@]1(C)S[C@@H]2CC(=O)N2[C@H]1C(=O)OC(C)Cl. The Labute approximate surface area is 126 Å². The number of thioether (sulfide) groups is 1. The molecule has 0 bridgehead atoms. The molecule has 2 aliphatic heterocycles. The van der Waals surface area contributed by atoms with E-state index in [1.807, 2.05) is 0 Å². The topological polar surface area (TPSA) is 72.9 Å². The second-order valence-electron chi connectivity index (χ2n) is 5.05. The number of hydrogen-bond donors (Lipinski definition) is 0. The number of carbonyl (C=O) groups excluding carboxylic acids is 3. The molecule has 2 heterocycles. The van der Waals surface area contributed by atoms with Crippen LogP contribution >= 0.6 is 23.4 Å². The fraction of sp³-hybridized carbons (Fsp3) is 0.750. The number of amides is 1. The highest BCUT2D eigenvalue weighted by Gasteiger charge is 2.61. The highest BCUT2D eigenvalue weighted by molar-refractivity contribution is 8.01. The van der Waals surface area contributed by atoms with Gasteiger partial charge >= 0.3 is 11.9 Å². The van der Waals surface area contributed by atoms with Crippen molar-refractivity contribution in [2.75, 3.05) is 6.61 Å². The maximum atomic E-state index is 12.2. The Hall–Kier alpha value is -0.950. The van der Waals surface area contributed by atoms with E-state index in [0.717, 1.165) is 0 Å². The van der Waals surface area contributed by atoms with Gasteiger partial charge in [0.15, 0.2) is 5.56 Å². The predicted molar refractivity (Wildman–Crippen MR) is 73.1 cm³/mol. The Morgan fingerprint density at radius 3 is 2.75 bits per heavy atom. The van der Waals surface area contributed by atoms with Crippen molar-refractivity contribution in [3.8, 4) is 0 Å². The Morgan fingerprint density at radius 2 is 2.25 bits per heavy atom. The third-order valence-electron chi connectivity index (χ3n) is 3.27. The molecule has 2 saturated heterocycles. The molecule has 0 saturated carbocycles. The number of β-lactam (4-membered cyclic amide) rings is 1. The van der Waals surface area contributed by atoms with E-state index in [0.29, 0.717) is 6.42 Å². The molecule has 0 aromatic rings. The first-order chi connectivity index (χ1) is 9.24. The van der Waals surface area contributed by atoms with Crippen LogP contribution in [0.3, 0.4) is 0 Å². The molecule has 0 aliphatic carbocycles. The van der Waals surface area contributed by atoms with Crippen molar-refractivity contribution in [3.05, 3.63) is 0 Å². The third kappa shape index (κ3) is 2.74. The van der Waals surface area contributed by atoms with Crippen LogP contribution in [0.2, 0.25) is 0 Å². The van der Waals surface area contributed by atoms with E-state index >= 15 is 0 Å². The number of hydrogen-bond acceptors (Lipinski definition) is 6. The van der Waals surface area contributed by atoms with Crippen LogP contribution in [0.1, 0.15) is 27.2 Å². The summed E-state index contributed by atoms with van der Waals surface area (Å²) >= 11 is 7.13. The first-order valence-electron chi connectivity index (χ1n) is 6.21. The molecule has 0 N–H and O–H groups in total. The van der Waals surface area contributed by atoms with Crippen molar-refractivity contribution in [2.24, 2.45) is 0 Å². The molecule has 4 atom stereocenters. The highest BCUT2D eigenvalue weighted by Crippen LogP contribution is 2.51. The van der Waals surface area contributed by atoms with Gasteiger partial charge in [-0.25, -0.2) is 4.79 Å². The second kappa shape index (κ2) is 5.44. The quantitative estimate of drug-likeness (QED) is 0.439. The van der Waals surface area contributed by atoms with Crippen molar-refractivity contribution in [1.82, 2.24) is 4.90 Å². The number of esters is 2. The van der Waals surface area contributed by atoms with E-state index in [4.69, 9.17) is 21.1 Å². The summed E-state index contributed by atoms with van der Waals surface area (Å²) in [6.07, 6.45) is 0.389. The van der Waals surface area contributed by atoms with Crippen LogP contribution in [0.15, 0.2) is 0 Å². The maximum absolute atomic E-state index is 12.2. The van der Waals surface area contributed by atoms with Gasteiger partial charge in [-0.3, -0.25) is 9.59 Å². The zero-order chi connectivity index (χ0) is 15.1. The molecule has 2 fully saturated rings. The van der Waals surface area contributed by atoms with Gasteiger partial charge in [-0.05, 0) is 13.8 Å². The number of ether oxygens (including phenoxy) is 2. The molecule has 20 heavy (non-hydrogen) atoms. The van der Waals surface area contributed by atoms with Gasteiger partial charge in [0.2, 0.25) is 5.91 Å². The minimum Gasteiger partial charge on any atom is -0.464 e. The first-order valence-corrected chi connectivity index (χ1v) is 7.53. The average molecular weight is 322 g/mol. The van der Waals surface area contributed by atoms with Crippen molar-refractivity contribution in [3.63, 3.8) is 0 Å². The molecule has 1 unspecified atom stereocenters. The van der Waals surface area contributed by atoms with Gasteiger partial charge < -0.3 is 14.4 Å². The summed E-state index contributed by atoms with van der Waals surface area (Å²) in [5, 5.41) is -0.0637. The number of fused-ring (bicyclic) bond motifs is 1. The van der Waals surface area contributed by atoms with Crippen LogP contribution in [-0.2, 0) is 23.9 Å². The molecule has 112 valence electrons. The van der Waals surface area contributed by atoms with E-state index in [-0.39, 0.29) is 17.9 Å². The fourth-order valence-corrected chi connectivity index (χ4v) is 4.18. The number of halogens is 1. The molecule has 6 nitrogen and oxygen atoms in total. The summed E-state index contributed by atoms with van der Waals surface area (Å²) in [4.78, 5) is 36.4. The molecule has 0 aromatic heterocycles. The van der Waals surface area contributed by atoms with Crippen molar-refractivity contribution >= 4 is 41.2 Å². The van der Waals surface area contributed by atoms with Crippen LogP contribution in [0.5, 0.6) is 0 Å². The number of rotatable bonds is 4.